The Morgan fingerprint density at radius 3 is 2.68 bits per heavy atom. The molecule has 0 N–H and O–H groups in total. The largest absolute Gasteiger partial charge is 0.419 e. The summed E-state index contributed by atoms with van der Waals surface area (Å²) in [4.78, 5) is 4.12. The minimum absolute atomic E-state index is 0.0241. The van der Waals surface area contributed by atoms with Crippen molar-refractivity contribution in [3.8, 4) is 17.5 Å². The van der Waals surface area contributed by atoms with E-state index in [1.54, 1.807) is 35.2 Å². The van der Waals surface area contributed by atoms with E-state index in [2.05, 4.69) is 15.2 Å². The summed E-state index contributed by atoms with van der Waals surface area (Å²) in [6, 6.07) is 7.86. The average molecular weight is 421 g/mol. The molecule has 154 valence electrons. The van der Waals surface area contributed by atoms with E-state index in [9.17, 15) is 18.4 Å². The normalized spacial score (nSPS) is 14.1. The SMILES string of the molecule is Bc1cncc(-c2nnc(Cn3c(C4CC4)cc4c(C(F)(F)F)c(C#N)ccc43)o2)c1. The van der Waals surface area contributed by atoms with Crippen molar-refractivity contribution < 1.29 is 17.6 Å². The fourth-order valence-electron chi connectivity index (χ4n) is 3.89. The molecule has 1 aromatic carbocycles. The third-order valence-corrected chi connectivity index (χ3v) is 5.40. The van der Waals surface area contributed by atoms with Crippen molar-refractivity contribution in [2.24, 2.45) is 0 Å². The van der Waals surface area contributed by atoms with Gasteiger partial charge in [-0.1, -0.05) is 11.5 Å². The lowest BCUT2D eigenvalue weighted by atomic mass is 9.97. The summed E-state index contributed by atoms with van der Waals surface area (Å²) in [7, 11) is 1.90. The molecule has 0 saturated heterocycles. The van der Waals surface area contributed by atoms with Gasteiger partial charge >= 0.3 is 6.18 Å². The van der Waals surface area contributed by atoms with Crippen molar-refractivity contribution in [2.75, 3.05) is 0 Å². The van der Waals surface area contributed by atoms with E-state index < -0.39 is 11.7 Å². The summed E-state index contributed by atoms with van der Waals surface area (Å²) in [5, 5.41) is 17.4. The van der Waals surface area contributed by atoms with E-state index in [-0.39, 0.29) is 29.3 Å². The molecule has 3 aromatic heterocycles. The van der Waals surface area contributed by atoms with Gasteiger partial charge in [-0.25, -0.2) is 0 Å². The van der Waals surface area contributed by atoms with Crippen LogP contribution in [0.4, 0.5) is 13.2 Å². The Morgan fingerprint density at radius 1 is 1.19 bits per heavy atom. The molecule has 0 spiro atoms. The van der Waals surface area contributed by atoms with Crippen LogP contribution in [0.15, 0.2) is 41.1 Å². The van der Waals surface area contributed by atoms with Gasteiger partial charge in [0.25, 0.3) is 0 Å². The Hall–Kier alpha value is -3.61. The molecule has 0 unspecified atom stereocenters. The standard InChI is InChI=1S/C21H15BF3N5O/c22-14-5-13(8-27-9-14)20-29-28-18(31-20)10-30-16-4-3-12(7-26)19(21(23,24)25)15(16)6-17(30)11-1-2-11/h3-6,8-9,11H,1-2,10,22H2. The molecule has 31 heavy (non-hydrogen) atoms. The smallest absolute Gasteiger partial charge is 0.418 e. The number of aromatic nitrogens is 4. The predicted octanol–water partition coefficient (Wildman–Crippen LogP) is 3.16. The highest BCUT2D eigenvalue weighted by atomic mass is 19.4. The molecular formula is C21H15BF3N5O. The zero-order chi connectivity index (χ0) is 21.8. The first kappa shape index (κ1) is 19.4. The molecule has 0 radical (unpaired) electrons. The van der Waals surface area contributed by atoms with Crippen LogP contribution in [0.3, 0.4) is 0 Å². The van der Waals surface area contributed by atoms with Crippen LogP contribution >= 0.6 is 0 Å². The van der Waals surface area contributed by atoms with Crippen LogP contribution in [0.5, 0.6) is 0 Å². The fourth-order valence-corrected chi connectivity index (χ4v) is 3.89. The molecule has 1 saturated carbocycles. The molecule has 1 fully saturated rings. The van der Waals surface area contributed by atoms with Gasteiger partial charge in [0.2, 0.25) is 11.8 Å². The average Bonchev–Trinajstić information content (AvgIpc) is 3.36. The third kappa shape index (κ3) is 3.46. The molecule has 10 heteroatoms. The summed E-state index contributed by atoms with van der Waals surface area (Å²) >= 11 is 0. The highest BCUT2D eigenvalue weighted by molar-refractivity contribution is 6.32. The minimum Gasteiger partial charge on any atom is -0.419 e. The molecule has 0 bridgehead atoms. The van der Waals surface area contributed by atoms with Gasteiger partial charge in [-0.3, -0.25) is 4.98 Å². The molecule has 5 rings (SSSR count). The van der Waals surface area contributed by atoms with E-state index in [0.29, 0.717) is 17.0 Å². The second-order valence-corrected chi connectivity index (χ2v) is 7.71. The zero-order valence-electron chi connectivity index (χ0n) is 16.4. The minimum atomic E-state index is -4.63. The van der Waals surface area contributed by atoms with E-state index in [4.69, 9.17) is 4.42 Å². The van der Waals surface area contributed by atoms with E-state index in [1.807, 2.05) is 13.9 Å². The first-order chi connectivity index (χ1) is 14.8. The molecular weight excluding hydrogens is 406 g/mol. The second-order valence-electron chi connectivity index (χ2n) is 7.71. The molecule has 0 atom stereocenters. The van der Waals surface area contributed by atoms with Gasteiger partial charge in [-0.15, -0.1) is 10.2 Å². The maximum absolute atomic E-state index is 13.8. The van der Waals surface area contributed by atoms with Crippen molar-refractivity contribution in [2.45, 2.75) is 31.5 Å². The Kier molecular flexibility index (Phi) is 4.36. The summed E-state index contributed by atoms with van der Waals surface area (Å²) in [6.07, 6.45) is 0.513. The van der Waals surface area contributed by atoms with Crippen LogP contribution in [0.25, 0.3) is 22.4 Å². The maximum atomic E-state index is 13.8. The molecule has 6 nitrogen and oxygen atoms in total. The van der Waals surface area contributed by atoms with Crippen molar-refractivity contribution in [1.82, 2.24) is 19.7 Å². The van der Waals surface area contributed by atoms with Crippen LogP contribution in [0.1, 0.15) is 41.5 Å². The van der Waals surface area contributed by atoms with Crippen molar-refractivity contribution >= 4 is 24.2 Å². The number of hydrogen-bond donors (Lipinski definition) is 0. The van der Waals surface area contributed by atoms with E-state index >= 15 is 0 Å². The highest BCUT2D eigenvalue weighted by Crippen LogP contribution is 2.45. The number of halogens is 3. The van der Waals surface area contributed by atoms with Crippen LogP contribution in [0, 0.1) is 11.3 Å². The lowest BCUT2D eigenvalue weighted by Gasteiger charge is -2.11. The summed E-state index contributed by atoms with van der Waals surface area (Å²) in [5.74, 6) is 0.773. The number of rotatable bonds is 4. The lowest BCUT2D eigenvalue weighted by Crippen LogP contribution is -2.09. The third-order valence-electron chi connectivity index (χ3n) is 5.40. The number of fused-ring (bicyclic) bond motifs is 1. The zero-order valence-corrected chi connectivity index (χ0v) is 16.4. The van der Waals surface area contributed by atoms with E-state index in [1.165, 1.54) is 6.07 Å². The first-order valence-corrected chi connectivity index (χ1v) is 9.73. The Labute approximate surface area is 175 Å². The summed E-state index contributed by atoms with van der Waals surface area (Å²) < 4.78 is 48.9. The molecule has 0 amide bonds. The quantitative estimate of drug-likeness (QED) is 0.473. The van der Waals surface area contributed by atoms with Gasteiger partial charge < -0.3 is 8.98 Å². The Balaban J connectivity index is 1.61. The number of nitriles is 1. The first-order valence-electron chi connectivity index (χ1n) is 9.73. The number of pyridine rings is 1. The van der Waals surface area contributed by atoms with Gasteiger partial charge in [0.15, 0.2) is 0 Å². The molecule has 3 heterocycles. The van der Waals surface area contributed by atoms with Gasteiger partial charge in [-0.2, -0.15) is 18.4 Å². The maximum Gasteiger partial charge on any atom is 0.418 e. The molecule has 4 aromatic rings. The molecule has 1 aliphatic rings. The number of alkyl halides is 3. The number of hydrogen-bond acceptors (Lipinski definition) is 5. The topological polar surface area (TPSA) is 80.5 Å². The van der Waals surface area contributed by atoms with Crippen molar-refractivity contribution in [3.05, 3.63) is 59.4 Å². The van der Waals surface area contributed by atoms with Crippen LogP contribution in [-0.4, -0.2) is 27.6 Å². The van der Waals surface area contributed by atoms with Gasteiger partial charge in [0, 0.05) is 29.0 Å². The van der Waals surface area contributed by atoms with Gasteiger partial charge in [0.1, 0.15) is 14.4 Å². The number of benzene rings is 1. The van der Waals surface area contributed by atoms with Crippen LogP contribution in [0.2, 0.25) is 0 Å². The van der Waals surface area contributed by atoms with Gasteiger partial charge in [-0.05, 0) is 37.0 Å². The summed E-state index contributed by atoms with van der Waals surface area (Å²) in [5.41, 5.74) is 1.52. The highest BCUT2D eigenvalue weighted by Gasteiger charge is 2.38. The Bertz CT molecular complexity index is 1350. The van der Waals surface area contributed by atoms with Gasteiger partial charge in [0.05, 0.1) is 22.8 Å². The Morgan fingerprint density at radius 2 is 2.00 bits per heavy atom. The van der Waals surface area contributed by atoms with Crippen LogP contribution < -0.4 is 5.46 Å². The fraction of sp³-hybridized carbons (Fsp3) is 0.238. The summed E-state index contributed by atoms with van der Waals surface area (Å²) in [6.45, 7) is 0.144. The van der Waals surface area contributed by atoms with Crippen LogP contribution in [-0.2, 0) is 12.7 Å². The molecule has 1 aliphatic carbocycles. The predicted molar refractivity (Wildman–Crippen MR) is 108 cm³/mol. The number of nitrogens with zero attached hydrogens (tertiary/aromatic N) is 5. The van der Waals surface area contributed by atoms with Crippen molar-refractivity contribution in [1.29, 1.82) is 5.26 Å². The van der Waals surface area contributed by atoms with E-state index in [0.717, 1.165) is 24.0 Å². The monoisotopic (exact) mass is 421 g/mol. The lowest BCUT2D eigenvalue weighted by molar-refractivity contribution is -0.136. The van der Waals surface area contributed by atoms with Crippen molar-refractivity contribution in [3.63, 3.8) is 0 Å². The molecule has 0 aliphatic heterocycles. The second kappa shape index (κ2) is 6.98.